The number of benzene rings is 2. The lowest BCUT2D eigenvalue weighted by Gasteiger charge is -2.43. The molecule has 2 fully saturated rings. The fraction of sp³-hybridized carbons (Fsp3) is 0.462. The monoisotopic (exact) mass is 558 g/mol. The Balaban J connectivity index is 0.00000400. The van der Waals surface area contributed by atoms with Crippen LogP contribution in [0.25, 0.3) is 0 Å². The minimum atomic E-state index is -4.84. The Morgan fingerprint density at radius 1 is 1.03 bits per heavy atom. The van der Waals surface area contributed by atoms with Crippen molar-refractivity contribution < 1.29 is 42.1 Å². The van der Waals surface area contributed by atoms with E-state index in [4.69, 9.17) is 14.6 Å². The number of carboxylic acid groups (broad SMARTS) is 1. The Labute approximate surface area is 224 Å². The van der Waals surface area contributed by atoms with Crippen LogP contribution >= 0.6 is 12.4 Å². The lowest BCUT2D eigenvalue weighted by molar-refractivity contribution is -0.275. The molecule has 0 atom stereocenters. The Bertz CT molecular complexity index is 1120. The van der Waals surface area contributed by atoms with Crippen LogP contribution in [-0.2, 0) is 15.1 Å². The first-order valence-corrected chi connectivity index (χ1v) is 12.0. The first kappa shape index (κ1) is 29.5. The predicted octanol–water partition coefficient (Wildman–Crippen LogP) is 4.37. The zero-order valence-corrected chi connectivity index (χ0v) is 21.6. The molecule has 38 heavy (non-hydrogen) atoms. The topological polar surface area (TPSA) is 97.3 Å². The summed E-state index contributed by atoms with van der Waals surface area (Å²) in [4.78, 5) is 26.8. The number of halogens is 4. The number of aromatic carboxylic acids is 1. The minimum Gasteiger partial charge on any atom is -0.488 e. The molecule has 1 saturated heterocycles. The van der Waals surface area contributed by atoms with E-state index in [9.17, 15) is 22.8 Å². The van der Waals surface area contributed by atoms with Gasteiger partial charge in [-0.25, -0.2) is 4.79 Å². The number of ether oxygens (including phenoxy) is 3. The van der Waals surface area contributed by atoms with Crippen LogP contribution < -0.4 is 14.8 Å². The number of likely N-dealkylation sites (N-methyl/N-ethyl adjacent to an activating group) is 1. The molecule has 8 nitrogen and oxygen atoms in total. The summed E-state index contributed by atoms with van der Waals surface area (Å²) >= 11 is 0. The highest BCUT2D eigenvalue weighted by molar-refractivity contribution is 5.88. The Kier molecular flexibility index (Phi) is 9.17. The number of nitrogens with zero attached hydrogens (tertiary/aromatic N) is 1. The SMILES string of the molecule is CN(CCOc1ccccc1OC(F)(F)F)C1(C(=O)NC2(c3ccc(C(=O)O)cc3)CC2)CCOCC1.Cl. The van der Waals surface area contributed by atoms with Crippen molar-refractivity contribution in [1.82, 2.24) is 10.2 Å². The van der Waals surface area contributed by atoms with E-state index in [1.165, 1.54) is 30.3 Å². The number of hydrogen-bond donors (Lipinski definition) is 2. The molecule has 2 aromatic carbocycles. The average Bonchev–Trinajstić information content (AvgIpc) is 3.65. The van der Waals surface area contributed by atoms with Crippen LogP contribution in [0, 0.1) is 0 Å². The number of carbonyl (C=O) groups is 2. The van der Waals surface area contributed by atoms with Crippen LogP contribution in [0.4, 0.5) is 13.2 Å². The van der Waals surface area contributed by atoms with Crippen molar-refractivity contribution >= 4 is 24.3 Å². The molecule has 0 bridgehead atoms. The zero-order valence-electron chi connectivity index (χ0n) is 20.8. The van der Waals surface area contributed by atoms with E-state index < -0.39 is 29.2 Å². The fourth-order valence-corrected chi connectivity index (χ4v) is 4.65. The van der Waals surface area contributed by atoms with Crippen LogP contribution in [0.1, 0.15) is 41.6 Å². The maximum atomic E-state index is 13.7. The molecule has 0 unspecified atom stereocenters. The van der Waals surface area contributed by atoms with Crippen molar-refractivity contribution in [2.75, 3.05) is 33.4 Å². The van der Waals surface area contributed by atoms with Crippen molar-refractivity contribution in [1.29, 1.82) is 0 Å². The second-order valence-corrected chi connectivity index (χ2v) is 9.33. The normalized spacial score (nSPS) is 17.7. The third-order valence-corrected chi connectivity index (χ3v) is 7.02. The van der Waals surface area contributed by atoms with Gasteiger partial charge in [-0.2, -0.15) is 0 Å². The van der Waals surface area contributed by atoms with Gasteiger partial charge in [0.05, 0.1) is 11.1 Å². The third kappa shape index (κ3) is 6.69. The van der Waals surface area contributed by atoms with Gasteiger partial charge in [-0.1, -0.05) is 24.3 Å². The quantitative estimate of drug-likeness (QED) is 0.447. The summed E-state index contributed by atoms with van der Waals surface area (Å²) < 4.78 is 53.3. The minimum absolute atomic E-state index is 0. The number of carboxylic acids is 1. The summed E-state index contributed by atoms with van der Waals surface area (Å²) in [5.41, 5.74) is -0.417. The van der Waals surface area contributed by atoms with Crippen LogP contribution in [-0.4, -0.2) is 67.2 Å². The molecule has 0 aromatic heterocycles. The molecule has 1 amide bonds. The number of nitrogens with one attached hydrogen (secondary N) is 1. The van der Waals surface area contributed by atoms with E-state index in [1.807, 2.05) is 4.90 Å². The molecule has 4 rings (SSSR count). The van der Waals surface area contributed by atoms with E-state index >= 15 is 0 Å². The van der Waals surface area contributed by atoms with Crippen LogP contribution in [0.15, 0.2) is 48.5 Å². The van der Waals surface area contributed by atoms with Crippen LogP contribution in [0.3, 0.4) is 0 Å². The van der Waals surface area contributed by atoms with E-state index in [1.54, 1.807) is 25.2 Å². The molecule has 12 heteroatoms. The van der Waals surface area contributed by atoms with Gasteiger partial charge in [-0.3, -0.25) is 9.69 Å². The summed E-state index contributed by atoms with van der Waals surface area (Å²) in [5, 5.41) is 12.4. The molecule has 0 radical (unpaired) electrons. The number of alkyl halides is 3. The first-order chi connectivity index (χ1) is 17.5. The second kappa shape index (κ2) is 11.8. The van der Waals surface area contributed by atoms with Gasteiger partial charge in [0.2, 0.25) is 5.91 Å². The fourth-order valence-electron chi connectivity index (χ4n) is 4.65. The van der Waals surface area contributed by atoms with Crippen molar-refractivity contribution in [3.8, 4) is 11.5 Å². The third-order valence-electron chi connectivity index (χ3n) is 7.02. The molecule has 2 aromatic rings. The zero-order chi connectivity index (χ0) is 26.7. The molecular weight excluding hydrogens is 529 g/mol. The van der Waals surface area contributed by atoms with E-state index in [-0.39, 0.29) is 42.8 Å². The smallest absolute Gasteiger partial charge is 0.488 e. The average molecular weight is 559 g/mol. The van der Waals surface area contributed by atoms with E-state index in [2.05, 4.69) is 10.1 Å². The van der Waals surface area contributed by atoms with Crippen LogP contribution in [0.5, 0.6) is 11.5 Å². The molecular formula is C26H30ClF3N2O6. The molecule has 2 N–H and O–H groups in total. The lowest BCUT2D eigenvalue weighted by Crippen LogP contribution is -2.62. The van der Waals surface area contributed by atoms with E-state index in [0.717, 1.165) is 18.4 Å². The van der Waals surface area contributed by atoms with Gasteiger partial charge < -0.3 is 24.6 Å². The number of rotatable bonds is 10. The van der Waals surface area contributed by atoms with Crippen LogP contribution in [0.2, 0.25) is 0 Å². The summed E-state index contributed by atoms with van der Waals surface area (Å²) in [5.74, 6) is -1.65. The number of para-hydroxylation sites is 2. The van der Waals surface area contributed by atoms with Crippen molar-refractivity contribution in [3.63, 3.8) is 0 Å². The van der Waals surface area contributed by atoms with Crippen molar-refractivity contribution in [2.45, 2.75) is 43.1 Å². The molecule has 0 spiro atoms. The Morgan fingerprint density at radius 3 is 2.18 bits per heavy atom. The maximum Gasteiger partial charge on any atom is 0.573 e. The molecule has 208 valence electrons. The molecule has 1 aliphatic carbocycles. The van der Waals surface area contributed by atoms with Gasteiger partial charge in [0.15, 0.2) is 11.5 Å². The van der Waals surface area contributed by atoms with Gasteiger partial charge >= 0.3 is 12.3 Å². The number of amides is 1. The molecule has 1 saturated carbocycles. The van der Waals surface area contributed by atoms with Gasteiger partial charge in [0, 0.05) is 19.8 Å². The first-order valence-electron chi connectivity index (χ1n) is 12.0. The number of hydrogen-bond acceptors (Lipinski definition) is 6. The van der Waals surface area contributed by atoms with Gasteiger partial charge in [-0.15, -0.1) is 25.6 Å². The van der Waals surface area contributed by atoms with Crippen molar-refractivity contribution in [3.05, 3.63) is 59.7 Å². The van der Waals surface area contributed by atoms with Gasteiger partial charge in [0.1, 0.15) is 12.1 Å². The largest absolute Gasteiger partial charge is 0.573 e. The highest BCUT2D eigenvalue weighted by Crippen LogP contribution is 2.46. The maximum absolute atomic E-state index is 13.7. The highest BCUT2D eigenvalue weighted by Gasteiger charge is 2.51. The van der Waals surface area contributed by atoms with Gasteiger partial charge in [-0.05, 0) is 62.6 Å². The van der Waals surface area contributed by atoms with Crippen molar-refractivity contribution in [2.24, 2.45) is 0 Å². The Hall–Kier alpha value is -3.02. The predicted molar refractivity (Wildman–Crippen MR) is 134 cm³/mol. The standard InChI is InChI=1S/C26H29F3N2O6.ClH/c1-31(14-17-36-20-4-2-3-5-21(20)37-26(27,28)29)25(12-15-35-16-13-25)23(34)30-24(10-11-24)19-8-6-18(7-9-19)22(32)33;/h2-9H,10-17H2,1H3,(H,30,34)(H,32,33);1H. The molecule has 1 aliphatic heterocycles. The second-order valence-electron chi connectivity index (χ2n) is 9.33. The highest BCUT2D eigenvalue weighted by atomic mass is 35.5. The lowest BCUT2D eigenvalue weighted by atomic mass is 9.86. The number of carbonyl (C=O) groups excluding carboxylic acids is 1. The summed E-state index contributed by atoms with van der Waals surface area (Å²) in [6.07, 6.45) is -2.48. The molecule has 1 heterocycles. The summed E-state index contributed by atoms with van der Waals surface area (Å²) in [6.45, 7) is 1.09. The molecule has 2 aliphatic rings. The summed E-state index contributed by atoms with van der Waals surface area (Å²) in [7, 11) is 1.79. The summed E-state index contributed by atoms with van der Waals surface area (Å²) in [6, 6.07) is 12.0. The van der Waals surface area contributed by atoms with Gasteiger partial charge in [0.25, 0.3) is 0 Å². The van der Waals surface area contributed by atoms with E-state index in [0.29, 0.717) is 26.1 Å². The Morgan fingerprint density at radius 2 is 1.63 bits per heavy atom.